The lowest BCUT2D eigenvalue weighted by atomic mass is 10.1. The molecule has 0 bridgehead atoms. The number of carbonyl (C=O) groups excluding carboxylic acids is 2. The van der Waals surface area contributed by atoms with Crippen molar-refractivity contribution in [2.45, 2.75) is 39.2 Å². The van der Waals surface area contributed by atoms with Crippen LogP contribution in [0, 0.1) is 5.92 Å². The molecule has 2 atom stereocenters. The van der Waals surface area contributed by atoms with Gasteiger partial charge in [0.15, 0.2) is 0 Å². The molecule has 2 amide bonds. The Bertz CT molecular complexity index is 523. The van der Waals surface area contributed by atoms with Crippen molar-refractivity contribution in [2.24, 2.45) is 5.92 Å². The van der Waals surface area contributed by atoms with Crippen LogP contribution in [0.2, 0.25) is 0 Å². The molecule has 120 valence electrons. The Balaban J connectivity index is 2.00. The summed E-state index contributed by atoms with van der Waals surface area (Å²) in [4.78, 5) is 26.0. The van der Waals surface area contributed by atoms with Gasteiger partial charge in [-0.1, -0.05) is 0 Å². The summed E-state index contributed by atoms with van der Waals surface area (Å²) >= 11 is 0. The summed E-state index contributed by atoms with van der Waals surface area (Å²) in [5, 5.41) is 12.6. The van der Waals surface area contributed by atoms with Gasteiger partial charge < -0.3 is 15.3 Å². The van der Waals surface area contributed by atoms with E-state index in [9.17, 15) is 14.7 Å². The van der Waals surface area contributed by atoms with Crippen LogP contribution in [0.25, 0.3) is 0 Å². The van der Waals surface area contributed by atoms with E-state index in [-0.39, 0.29) is 17.7 Å². The van der Waals surface area contributed by atoms with Crippen LogP contribution in [0.4, 0.5) is 5.69 Å². The number of carbonyl (C=O) groups is 2. The van der Waals surface area contributed by atoms with E-state index in [1.54, 1.807) is 29.2 Å². The third kappa shape index (κ3) is 3.65. The highest BCUT2D eigenvalue weighted by atomic mass is 16.3. The fraction of sp³-hybridized carbons (Fsp3) is 0.529. The highest BCUT2D eigenvalue weighted by Crippen LogP contribution is 2.26. The van der Waals surface area contributed by atoms with Gasteiger partial charge in [0.05, 0.1) is 12.0 Å². The first-order chi connectivity index (χ1) is 10.6. The van der Waals surface area contributed by atoms with Crippen molar-refractivity contribution in [1.82, 2.24) is 4.90 Å². The highest BCUT2D eigenvalue weighted by Gasteiger charge is 2.31. The van der Waals surface area contributed by atoms with Gasteiger partial charge in [-0.3, -0.25) is 9.59 Å². The molecule has 1 aliphatic carbocycles. The minimum atomic E-state index is -0.538. The molecule has 0 heterocycles. The van der Waals surface area contributed by atoms with Gasteiger partial charge >= 0.3 is 0 Å². The van der Waals surface area contributed by atoms with Gasteiger partial charge in [0.2, 0.25) is 5.91 Å². The lowest BCUT2D eigenvalue weighted by molar-refractivity contribution is -0.122. The molecular formula is C17H24N2O3. The van der Waals surface area contributed by atoms with E-state index in [1.165, 1.54) is 0 Å². The van der Waals surface area contributed by atoms with E-state index in [1.807, 2.05) is 13.8 Å². The molecule has 22 heavy (non-hydrogen) atoms. The van der Waals surface area contributed by atoms with Gasteiger partial charge in [0, 0.05) is 24.3 Å². The number of amides is 2. The van der Waals surface area contributed by atoms with Crippen molar-refractivity contribution in [3.8, 4) is 0 Å². The zero-order chi connectivity index (χ0) is 16.1. The van der Waals surface area contributed by atoms with E-state index in [2.05, 4.69) is 5.32 Å². The molecule has 2 rings (SSSR count). The molecule has 1 aromatic carbocycles. The minimum Gasteiger partial charge on any atom is -0.392 e. The summed E-state index contributed by atoms with van der Waals surface area (Å²) in [6.07, 6.45) is 1.76. The number of aliphatic hydroxyl groups excluding tert-OH is 1. The Morgan fingerprint density at radius 2 is 1.82 bits per heavy atom. The van der Waals surface area contributed by atoms with Crippen LogP contribution in [-0.4, -0.2) is 41.0 Å². The Hall–Kier alpha value is -1.88. The maximum atomic E-state index is 12.2. The second-order valence-corrected chi connectivity index (χ2v) is 5.65. The van der Waals surface area contributed by atoms with E-state index >= 15 is 0 Å². The standard InChI is InChI=1S/C17H24N2O3/c1-3-19(4-2)17(22)12-8-10-13(11-9-12)18-16(21)14-6-5-7-15(14)20/h8-11,14-15,20H,3-7H2,1-2H3,(H,18,21). The van der Waals surface area contributed by atoms with E-state index in [4.69, 9.17) is 0 Å². The third-order valence-corrected chi connectivity index (χ3v) is 4.27. The molecular weight excluding hydrogens is 280 g/mol. The molecule has 0 aliphatic heterocycles. The van der Waals surface area contributed by atoms with Crippen LogP contribution in [0.15, 0.2) is 24.3 Å². The fourth-order valence-electron chi connectivity index (χ4n) is 2.87. The first kappa shape index (κ1) is 16.5. The second kappa shape index (κ2) is 7.40. The molecule has 0 spiro atoms. The van der Waals surface area contributed by atoms with Crippen LogP contribution < -0.4 is 5.32 Å². The molecule has 1 aromatic rings. The molecule has 0 saturated heterocycles. The van der Waals surface area contributed by atoms with E-state index in [0.717, 1.165) is 12.8 Å². The average molecular weight is 304 g/mol. The van der Waals surface area contributed by atoms with Crippen LogP contribution >= 0.6 is 0 Å². The predicted octanol–water partition coefficient (Wildman–Crippen LogP) is 2.27. The topological polar surface area (TPSA) is 69.6 Å². The molecule has 1 fully saturated rings. The van der Waals surface area contributed by atoms with E-state index in [0.29, 0.717) is 30.8 Å². The monoisotopic (exact) mass is 304 g/mol. The largest absolute Gasteiger partial charge is 0.392 e. The van der Waals surface area contributed by atoms with Crippen molar-refractivity contribution in [3.63, 3.8) is 0 Å². The summed E-state index contributed by atoms with van der Waals surface area (Å²) in [5.74, 6) is -0.473. The van der Waals surface area contributed by atoms with Crippen molar-refractivity contribution in [2.75, 3.05) is 18.4 Å². The Kier molecular flexibility index (Phi) is 5.55. The highest BCUT2D eigenvalue weighted by molar-refractivity contribution is 5.96. The van der Waals surface area contributed by atoms with Crippen LogP contribution in [0.5, 0.6) is 0 Å². The number of nitrogens with zero attached hydrogens (tertiary/aromatic N) is 1. The number of hydrogen-bond acceptors (Lipinski definition) is 3. The van der Waals surface area contributed by atoms with Crippen LogP contribution in [-0.2, 0) is 4.79 Å². The quantitative estimate of drug-likeness (QED) is 0.876. The van der Waals surface area contributed by atoms with Crippen molar-refractivity contribution in [3.05, 3.63) is 29.8 Å². The molecule has 1 aliphatic rings. The SMILES string of the molecule is CCN(CC)C(=O)c1ccc(NC(=O)C2CCCC2O)cc1. The normalized spacial score (nSPS) is 20.7. The van der Waals surface area contributed by atoms with Crippen molar-refractivity contribution < 1.29 is 14.7 Å². The lowest BCUT2D eigenvalue weighted by Crippen LogP contribution is -2.30. The predicted molar refractivity (Wildman–Crippen MR) is 85.7 cm³/mol. The van der Waals surface area contributed by atoms with Crippen LogP contribution in [0.3, 0.4) is 0 Å². The summed E-state index contributed by atoms with van der Waals surface area (Å²) in [6.45, 7) is 5.24. The summed E-state index contributed by atoms with van der Waals surface area (Å²) in [5.41, 5.74) is 1.27. The number of rotatable bonds is 5. The summed E-state index contributed by atoms with van der Waals surface area (Å²) in [6, 6.07) is 6.91. The molecule has 0 aromatic heterocycles. The number of aliphatic hydroxyl groups is 1. The second-order valence-electron chi connectivity index (χ2n) is 5.65. The number of anilines is 1. The van der Waals surface area contributed by atoms with Crippen molar-refractivity contribution >= 4 is 17.5 Å². The lowest BCUT2D eigenvalue weighted by Gasteiger charge is -2.19. The van der Waals surface area contributed by atoms with Crippen molar-refractivity contribution in [1.29, 1.82) is 0 Å². The Morgan fingerprint density at radius 3 is 2.32 bits per heavy atom. The maximum Gasteiger partial charge on any atom is 0.253 e. The molecule has 1 saturated carbocycles. The number of benzene rings is 1. The maximum absolute atomic E-state index is 12.2. The number of nitrogens with one attached hydrogen (secondary N) is 1. The van der Waals surface area contributed by atoms with Gasteiger partial charge in [-0.15, -0.1) is 0 Å². The van der Waals surface area contributed by atoms with Gasteiger partial charge in [0.1, 0.15) is 0 Å². The molecule has 2 unspecified atom stereocenters. The molecule has 2 N–H and O–H groups in total. The first-order valence-electron chi connectivity index (χ1n) is 7.95. The van der Waals surface area contributed by atoms with Gasteiger partial charge in [0.25, 0.3) is 5.91 Å². The van der Waals surface area contributed by atoms with Gasteiger partial charge in [-0.05, 0) is 57.4 Å². The van der Waals surface area contributed by atoms with Gasteiger partial charge in [-0.25, -0.2) is 0 Å². The zero-order valence-corrected chi connectivity index (χ0v) is 13.2. The van der Waals surface area contributed by atoms with Crippen LogP contribution in [0.1, 0.15) is 43.5 Å². The Labute approximate surface area is 131 Å². The minimum absolute atomic E-state index is 0.00547. The zero-order valence-electron chi connectivity index (χ0n) is 13.2. The van der Waals surface area contributed by atoms with E-state index < -0.39 is 6.10 Å². The van der Waals surface area contributed by atoms with Gasteiger partial charge in [-0.2, -0.15) is 0 Å². The third-order valence-electron chi connectivity index (χ3n) is 4.27. The number of hydrogen-bond donors (Lipinski definition) is 2. The summed E-state index contributed by atoms with van der Waals surface area (Å²) in [7, 11) is 0. The fourth-order valence-corrected chi connectivity index (χ4v) is 2.87. The summed E-state index contributed by atoms with van der Waals surface area (Å²) < 4.78 is 0. The first-order valence-corrected chi connectivity index (χ1v) is 7.95. The molecule has 5 heteroatoms. The molecule has 0 radical (unpaired) electrons. The Morgan fingerprint density at radius 1 is 1.18 bits per heavy atom. The molecule has 5 nitrogen and oxygen atoms in total. The smallest absolute Gasteiger partial charge is 0.253 e. The average Bonchev–Trinajstić information content (AvgIpc) is 2.95.